The number of halogens is 1. The second-order valence-electron chi connectivity index (χ2n) is 5.15. The Hall–Kier alpha value is -1.22. The Morgan fingerprint density at radius 1 is 1.42 bits per heavy atom. The number of nitrogens with zero attached hydrogens (tertiary/aromatic N) is 1. The van der Waals surface area contributed by atoms with Crippen molar-refractivity contribution in [1.82, 2.24) is 4.90 Å². The van der Waals surface area contributed by atoms with E-state index in [4.69, 9.17) is 16.3 Å². The first-order chi connectivity index (χ1) is 9.10. The summed E-state index contributed by atoms with van der Waals surface area (Å²) in [6.45, 7) is 3.63. The van der Waals surface area contributed by atoms with Crippen molar-refractivity contribution in [2.45, 2.75) is 25.1 Å². The molecule has 1 fully saturated rings. The van der Waals surface area contributed by atoms with E-state index in [1.165, 1.54) is 0 Å². The van der Waals surface area contributed by atoms with Crippen LogP contribution < -0.4 is 4.74 Å². The van der Waals surface area contributed by atoms with Gasteiger partial charge < -0.3 is 9.64 Å². The summed E-state index contributed by atoms with van der Waals surface area (Å²) in [6, 6.07) is 7.62. The van der Waals surface area contributed by atoms with Gasteiger partial charge in [-0.1, -0.05) is 19.1 Å². The minimum Gasteiger partial charge on any atom is -0.497 e. The zero-order chi connectivity index (χ0) is 13.8. The molecule has 4 heteroatoms. The number of alkyl halides is 1. The number of carbonyl (C=O) groups is 1. The summed E-state index contributed by atoms with van der Waals surface area (Å²) in [7, 11) is 1.63. The molecule has 0 aliphatic carbocycles. The maximum absolute atomic E-state index is 12.2. The number of benzene rings is 1. The van der Waals surface area contributed by atoms with Crippen molar-refractivity contribution in [2.75, 3.05) is 20.2 Å². The highest BCUT2D eigenvalue weighted by atomic mass is 35.5. The second kappa shape index (κ2) is 6.29. The monoisotopic (exact) mass is 281 g/mol. The number of rotatable bonds is 3. The van der Waals surface area contributed by atoms with E-state index in [1.54, 1.807) is 7.11 Å². The highest BCUT2D eigenvalue weighted by Gasteiger charge is 2.27. The average Bonchev–Trinajstić information content (AvgIpc) is 2.42. The van der Waals surface area contributed by atoms with Gasteiger partial charge in [-0.05, 0) is 30.0 Å². The normalized spacial score (nSPS) is 23.2. The Kier molecular flexibility index (Phi) is 4.70. The molecule has 1 aliphatic heterocycles. The lowest BCUT2D eigenvalue weighted by atomic mass is 9.98. The summed E-state index contributed by atoms with van der Waals surface area (Å²) in [4.78, 5) is 14.1. The van der Waals surface area contributed by atoms with Crippen LogP contribution in [0.5, 0.6) is 5.75 Å². The van der Waals surface area contributed by atoms with Gasteiger partial charge in [0.2, 0.25) is 5.91 Å². The van der Waals surface area contributed by atoms with Crippen molar-refractivity contribution in [3.63, 3.8) is 0 Å². The zero-order valence-electron chi connectivity index (χ0n) is 11.4. The molecule has 0 saturated carbocycles. The van der Waals surface area contributed by atoms with Gasteiger partial charge in [0.25, 0.3) is 0 Å². The van der Waals surface area contributed by atoms with E-state index in [0.717, 1.165) is 24.3 Å². The molecule has 1 saturated heterocycles. The number of likely N-dealkylation sites (tertiary alicyclic amines) is 1. The first-order valence-electron chi connectivity index (χ1n) is 6.65. The molecule has 104 valence electrons. The maximum atomic E-state index is 12.2. The van der Waals surface area contributed by atoms with Crippen LogP contribution in [0.1, 0.15) is 18.9 Å². The fraction of sp³-hybridized carbons (Fsp3) is 0.533. The van der Waals surface area contributed by atoms with Crippen LogP contribution in [0.3, 0.4) is 0 Å². The molecule has 0 spiro atoms. The van der Waals surface area contributed by atoms with E-state index in [-0.39, 0.29) is 11.3 Å². The molecule has 1 heterocycles. The third-order valence-corrected chi connectivity index (χ3v) is 4.30. The quantitative estimate of drug-likeness (QED) is 0.798. The van der Waals surface area contributed by atoms with Crippen LogP contribution in [0, 0.1) is 5.92 Å². The summed E-state index contributed by atoms with van der Waals surface area (Å²) < 4.78 is 5.10. The fourth-order valence-electron chi connectivity index (χ4n) is 2.28. The molecule has 1 aromatic rings. The van der Waals surface area contributed by atoms with E-state index in [2.05, 4.69) is 6.92 Å². The van der Waals surface area contributed by atoms with Gasteiger partial charge in [-0.25, -0.2) is 0 Å². The molecule has 0 aromatic heterocycles. The van der Waals surface area contributed by atoms with Crippen LogP contribution in [0.25, 0.3) is 0 Å². The van der Waals surface area contributed by atoms with Crippen LogP contribution >= 0.6 is 11.6 Å². The lowest BCUT2D eigenvalue weighted by molar-refractivity contribution is -0.131. The van der Waals surface area contributed by atoms with E-state index < -0.39 is 0 Å². The third kappa shape index (κ3) is 3.63. The van der Waals surface area contributed by atoms with Crippen molar-refractivity contribution in [3.8, 4) is 5.75 Å². The minimum atomic E-state index is 0.0774. The van der Waals surface area contributed by atoms with Crippen LogP contribution in [0.4, 0.5) is 0 Å². The fourth-order valence-corrected chi connectivity index (χ4v) is 2.57. The number of hydrogen-bond acceptors (Lipinski definition) is 2. The topological polar surface area (TPSA) is 29.5 Å². The molecule has 1 aromatic carbocycles. The lowest BCUT2D eigenvalue weighted by Gasteiger charge is -2.34. The summed E-state index contributed by atoms with van der Waals surface area (Å²) in [5.41, 5.74) is 1.01. The predicted molar refractivity (Wildman–Crippen MR) is 76.7 cm³/mol. The summed E-state index contributed by atoms with van der Waals surface area (Å²) in [5, 5.41) is 0.0774. The lowest BCUT2D eigenvalue weighted by Crippen LogP contribution is -2.44. The molecule has 1 amide bonds. The number of methoxy groups -OCH3 is 1. The number of ether oxygens (including phenoxy) is 1. The number of piperidine rings is 1. The minimum absolute atomic E-state index is 0.0774. The molecule has 2 rings (SSSR count). The van der Waals surface area contributed by atoms with Gasteiger partial charge in [-0.15, -0.1) is 11.6 Å². The molecule has 1 aliphatic rings. The summed E-state index contributed by atoms with van der Waals surface area (Å²) in [5.74, 6) is 1.46. The Balaban J connectivity index is 1.93. The predicted octanol–water partition coefficient (Wildman–Crippen LogP) is 2.71. The SMILES string of the molecule is COc1ccc(CC(=O)N2CCC(C)C(Cl)C2)cc1. The van der Waals surface area contributed by atoms with E-state index in [0.29, 0.717) is 18.9 Å². The van der Waals surface area contributed by atoms with E-state index in [9.17, 15) is 4.79 Å². The van der Waals surface area contributed by atoms with E-state index >= 15 is 0 Å². The highest BCUT2D eigenvalue weighted by Crippen LogP contribution is 2.22. The third-order valence-electron chi connectivity index (χ3n) is 3.73. The molecule has 2 unspecified atom stereocenters. The molecule has 0 N–H and O–H groups in total. The van der Waals surface area contributed by atoms with Crippen LogP contribution in [0.15, 0.2) is 24.3 Å². The van der Waals surface area contributed by atoms with Crippen LogP contribution in [-0.2, 0) is 11.2 Å². The van der Waals surface area contributed by atoms with Gasteiger partial charge in [0, 0.05) is 13.1 Å². The second-order valence-corrected chi connectivity index (χ2v) is 5.71. The Morgan fingerprint density at radius 3 is 2.68 bits per heavy atom. The summed E-state index contributed by atoms with van der Waals surface area (Å²) in [6.07, 6.45) is 1.42. The molecule has 0 bridgehead atoms. The Bertz CT molecular complexity index is 432. The molecule has 0 radical (unpaired) electrons. The van der Waals surface area contributed by atoms with Crippen molar-refractivity contribution >= 4 is 17.5 Å². The van der Waals surface area contributed by atoms with Crippen molar-refractivity contribution in [2.24, 2.45) is 5.92 Å². The van der Waals surface area contributed by atoms with Crippen molar-refractivity contribution < 1.29 is 9.53 Å². The van der Waals surface area contributed by atoms with Crippen molar-refractivity contribution in [3.05, 3.63) is 29.8 Å². The van der Waals surface area contributed by atoms with Gasteiger partial charge in [0.05, 0.1) is 18.9 Å². The smallest absolute Gasteiger partial charge is 0.227 e. The van der Waals surface area contributed by atoms with Gasteiger partial charge in [-0.3, -0.25) is 4.79 Å². The van der Waals surface area contributed by atoms with Gasteiger partial charge in [0.1, 0.15) is 5.75 Å². The number of hydrogen-bond donors (Lipinski definition) is 0. The molecule has 19 heavy (non-hydrogen) atoms. The maximum Gasteiger partial charge on any atom is 0.227 e. The Morgan fingerprint density at radius 2 is 2.11 bits per heavy atom. The van der Waals surface area contributed by atoms with E-state index in [1.807, 2.05) is 29.2 Å². The van der Waals surface area contributed by atoms with Gasteiger partial charge in [0.15, 0.2) is 0 Å². The Labute approximate surface area is 119 Å². The van der Waals surface area contributed by atoms with Crippen LogP contribution in [0.2, 0.25) is 0 Å². The summed E-state index contributed by atoms with van der Waals surface area (Å²) >= 11 is 6.24. The highest BCUT2D eigenvalue weighted by molar-refractivity contribution is 6.21. The molecule has 3 nitrogen and oxygen atoms in total. The number of carbonyl (C=O) groups excluding carboxylic acids is 1. The van der Waals surface area contributed by atoms with Gasteiger partial charge >= 0.3 is 0 Å². The standard InChI is InChI=1S/C15H20ClNO2/c1-11-7-8-17(10-14(11)16)15(18)9-12-3-5-13(19-2)6-4-12/h3-6,11,14H,7-10H2,1-2H3. The molecular formula is C15H20ClNO2. The molecule has 2 atom stereocenters. The number of amides is 1. The van der Waals surface area contributed by atoms with Crippen LogP contribution in [-0.4, -0.2) is 36.4 Å². The largest absolute Gasteiger partial charge is 0.497 e. The first kappa shape index (κ1) is 14.2. The van der Waals surface area contributed by atoms with Gasteiger partial charge in [-0.2, -0.15) is 0 Å². The average molecular weight is 282 g/mol. The zero-order valence-corrected chi connectivity index (χ0v) is 12.2. The molecular weight excluding hydrogens is 262 g/mol. The van der Waals surface area contributed by atoms with Crippen molar-refractivity contribution in [1.29, 1.82) is 0 Å². The first-order valence-corrected chi connectivity index (χ1v) is 7.08.